The SMILES string of the molecule is CCCc1ccc(S(=O)(=O)NC(N)=NCc2ccccn2)cc1. The number of hydrogen-bond acceptors (Lipinski definition) is 4. The summed E-state index contributed by atoms with van der Waals surface area (Å²) in [4.78, 5) is 8.25. The van der Waals surface area contributed by atoms with Crippen molar-refractivity contribution in [2.24, 2.45) is 10.7 Å². The number of pyridine rings is 1. The van der Waals surface area contributed by atoms with Gasteiger partial charge in [-0.15, -0.1) is 0 Å². The molecule has 0 amide bonds. The molecule has 2 rings (SSSR count). The second-order valence-electron chi connectivity index (χ2n) is 5.02. The Hall–Kier alpha value is -2.41. The Morgan fingerprint density at radius 2 is 1.96 bits per heavy atom. The van der Waals surface area contributed by atoms with E-state index >= 15 is 0 Å². The molecule has 0 aliphatic heterocycles. The standard InChI is InChI=1S/C16H20N4O2S/c1-2-5-13-7-9-15(10-8-13)23(21,22)20-16(17)19-12-14-6-3-4-11-18-14/h3-4,6-11H,2,5,12H2,1H3,(H3,17,19,20). The fourth-order valence-corrected chi connectivity index (χ4v) is 2.96. The Labute approximate surface area is 136 Å². The number of rotatable bonds is 6. The Bertz CT molecular complexity index is 756. The van der Waals surface area contributed by atoms with Gasteiger partial charge in [0, 0.05) is 6.20 Å². The van der Waals surface area contributed by atoms with Crippen molar-refractivity contribution < 1.29 is 8.42 Å². The molecule has 3 N–H and O–H groups in total. The summed E-state index contributed by atoms with van der Waals surface area (Å²) < 4.78 is 26.7. The minimum atomic E-state index is -3.72. The summed E-state index contributed by atoms with van der Waals surface area (Å²) in [6, 6.07) is 12.2. The molecular formula is C16H20N4O2S. The van der Waals surface area contributed by atoms with Crippen molar-refractivity contribution in [3.8, 4) is 0 Å². The third kappa shape index (κ3) is 5.07. The zero-order valence-electron chi connectivity index (χ0n) is 12.9. The summed E-state index contributed by atoms with van der Waals surface area (Å²) in [6.07, 6.45) is 3.57. The van der Waals surface area contributed by atoms with E-state index in [0.717, 1.165) is 18.4 Å². The molecule has 6 nitrogen and oxygen atoms in total. The topological polar surface area (TPSA) is 97.4 Å². The molecule has 1 heterocycles. The van der Waals surface area contributed by atoms with E-state index in [0.29, 0.717) is 5.69 Å². The van der Waals surface area contributed by atoms with Crippen LogP contribution in [0, 0.1) is 0 Å². The highest BCUT2D eigenvalue weighted by Crippen LogP contribution is 2.11. The molecular weight excluding hydrogens is 312 g/mol. The number of nitrogens with zero attached hydrogens (tertiary/aromatic N) is 2. The van der Waals surface area contributed by atoms with Crippen LogP contribution < -0.4 is 10.5 Å². The first-order valence-corrected chi connectivity index (χ1v) is 8.81. The van der Waals surface area contributed by atoms with Gasteiger partial charge in [-0.3, -0.25) is 4.98 Å². The highest BCUT2D eigenvalue weighted by Gasteiger charge is 2.14. The van der Waals surface area contributed by atoms with E-state index < -0.39 is 10.0 Å². The van der Waals surface area contributed by atoms with Crippen LogP contribution in [0.2, 0.25) is 0 Å². The number of nitrogens with one attached hydrogen (secondary N) is 1. The molecule has 0 fully saturated rings. The lowest BCUT2D eigenvalue weighted by Crippen LogP contribution is -2.36. The van der Waals surface area contributed by atoms with Crippen molar-refractivity contribution in [3.63, 3.8) is 0 Å². The lowest BCUT2D eigenvalue weighted by molar-refractivity contribution is 0.592. The zero-order chi connectivity index (χ0) is 16.7. The Morgan fingerprint density at radius 1 is 1.22 bits per heavy atom. The van der Waals surface area contributed by atoms with E-state index in [1.54, 1.807) is 42.6 Å². The van der Waals surface area contributed by atoms with Crippen molar-refractivity contribution in [2.75, 3.05) is 0 Å². The minimum Gasteiger partial charge on any atom is -0.369 e. The summed E-state index contributed by atoms with van der Waals surface area (Å²) in [7, 11) is -3.72. The number of nitrogens with two attached hydrogens (primary N) is 1. The fraction of sp³-hybridized carbons (Fsp3) is 0.250. The van der Waals surface area contributed by atoms with Crippen LogP contribution in [0.1, 0.15) is 24.6 Å². The number of sulfonamides is 1. The predicted molar refractivity (Wildman–Crippen MR) is 90.3 cm³/mol. The van der Waals surface area contributed by atoms with Gasteiger partial charge in [-0.05, 0) is 36.2 Å². The van der Waals surface area contributed by atoms with Gasteiger partial charge in [0.2, 0.25) is 5.96 Å². The average Bonchev–Trinajstić information content (AvgIpc) is 2.54. The lowest BCUT2D eigenvalue weighted by Gasteiger charge is -2.08. The molecule has 122 valence electrons. The second kappa shape index (κ2) is 7.73. The highest BCUT2D eigenvalue weighted by atomic mass is 32.2. The van der Waals surface area contributed by atoms with E-state index in [-0.39, 0.29) is 17.4 Å². The maximum Gasteiger partial charge on any atom is 0.264 e. The van der Waals surface area contributed by atoms with Gasteiger partial charge in [-0.25, -0.2) is 18.1 Å². The summed E-state index contributed by atoms with van der Waals surface area (Å²) in [5.41, 5.74) is 7.46. The number of hydrogen-bond donors (Lipinski definition) is 2. The molecule has 0 saturated carbocycles. The average molecular weight is 332 g/mol. The molecule has 1 aromatic carbocycles. The second-order valence-corrected chi connectivity index (χ2v) is 6.70. The molecule has 0 saturated heterocycles. The van der Waals surface area contributed by atoms with Crippen molar-refractivity contribution in [1.29, 1.82) is 0 Å². The van der Waals surface area contributed by atoms with Crippen molar-refractivity contribution in [2.45, 2.75) is 31.2 Å². The van der Waals surface area contributed by atoms with E-state index in [4.69, 9.17) is 5.73 Å². The number of aryl methyl sites for hydroxylation is 1. The van der Waals surface area contributed by atoms with Crippen LogP contribution >= 0.6 is 0 Å². The number of aliphatic imine (C=N–C) groups is 1. The Balaban J connectivity index is 2.04. The fourth-order valence-electron chi connectivity index (χ4n) is 2.01. The van der Waals surface area contributed by atoms with Gasteiger partial charge in [0.05, 0.1) is 17.1 Å². The minimum absolute atomic E-state index is 0.159. The van der Waals surface area contributed by atoms with Gasteiger partial charge in [0.15, 0.2) is 0 Å². The molecule has 23 heavy (non-hydrogen) atoms. The van der Waals surface area contributed by atoms with Gasteiger partial charge in [0.25, 0.3) is 10.0 Å². The van der Waals surface area contributed by atoms with Crippen molar-refractivity contribution in [1.82, 2.24) is 9.71 Å². The van der Waals surface area contributed by atoms with Crippen LogP contribution in [0.5, 0.6) is 0 Å². The predicted octanol–water partition coefficient (Wildman–Crippen LogP) is 1.83. The van der Waals surface area contributed by atoms with Gasteiger partial charge in [-0.1, -0.05) is 31.5 Å². The smallest absolute Gasteiger partial charge is 0.264 e. The van der Waals surface area contributed by atoms with E-state index in [9.17, 15) is 8.42 Å². The van der Waals surface area contributed by atoms with E-state index in [2.05, 4.69) is 21.6 Å². The molecule has 0 aliphatic carbocycles. The molecule has 0 radical (unpaired) electrons. The van der Waals surface area contributed by atoms with Gasteiger partial charge in [-0.2, -0.15) is 0 Å². The number of guanidine groups is 1. The van der Waals surface area contributed by atoms with Crippen molar-refractivity contribution >= 4 is 16.0 Å². The molecule has 0 spiro atoms. The van der Waals surface area contributed by atoms with Crippen LogP contribution in [-0.4, -0.2) is 19.4 Å². The molecule has 0 aliphatic rings. The summed E-state index contributed by atoms with van der Waals surface area (Å²) in [5.74, 6) is -0.159. The first-order valence-electron chi connectivity index (χ1n) is 7.33. The molecule has 0 unspecified atom stereocenters. The molecule has 0 bridgehead atoms. The first-order chi connectivity index (χ1) is 11.0. The quantitative estimate of drug-likeness (QED) is 0.623. The monoisotopic (exact) mass is 332 g/mol. The molecule has 0 atom stereocenters. The third-order valence-electron chi connectivity index (χ3n) is 3.15. The van der Waals surface area contributed by atoms with Crippen molar-refractivity contribution in [3.05, 3.63) is 59.9 Å². The van der Waals surface area contributed by atoms with Gasteiger partial charge < -0.3 is 5.73 Å². The zero-order valence-corrected chi connectivity index (χ0v) is 13.8. The van der Waals surface area contributed by atoms with Gasteiger partial charge in [0.1, 0.15) is 0 Å². The van der Waals surface area contributed by atoms with Crippen LogP contribution in [0.3, 0.4) is 0 Å². The maximum atomic E-state index is 12.2. The highest BCUT2D eigenvalue weighted by molar-refractivity contribution is 7.90. The molecule has 2 aromatic rings. The Morgan fingerprint density at radius 3 is 2.57 bits per heavy atom. The summed E-state index contributed by atoms with van der Waals surface area (Å²) in [5, 5.41) is 0. The summed E-state index contributed by atoms with van der Waals surface area (Å²) in [6.45, 7) is 2.29. The van der Waals surface area contributed by atoms with Crippen LogP contribution in [0.4, 0.5) is 0 Å². The lowest BCUT2D eigenvalue weighted by atomic mass is 10.1. The van der Waals surface area contributed by atoms with Crippen LogP contribution in [0.25, 0.3) is 0 Å². The van der Waals surface area contributed by atoms with Crippen LogP contribution in [0.15, 0.2) is 58.5 Å². The number of aromatic nitrogens is 1. The first kappa shape index (κ1) is 17.0. The molecule has 1 aromatic heterocycles. The number of benzene rings is 1. The molecule has 7 heteroatoms. The maximum absolute atomic E-state index is 12.2. The largest absolute Gasteiger partial charge is 0.369 e. The van der Waals surface area contributed by atoms with Crippen LogP contribution in [-0.2, 0) is 23.0 Å². The summed E-state index contributed by atoms with van der Waals surface area (Å²) >= 11 is 0. The normalized spacial score (nSPS) is 12.1. The Kier molecular flexibility index (Phi) is 5.70. The third-order valence-corrected chi connectivity index (χ3v) is 4.52. The van der Waals surface area contributed by atoms with Gasteiger partial charge >= 0.3 is 0 Å². The van der Waals surface area contributed by atoms with E-state index in [1.807, 2.05) is 6.07 Å². The van der Waals surface area contributed by atoms with E-state index in [1.165, 1.54) is 0 Å².